The highest BCUT2D eigenvalue weighted by molar-refractivity contribution is 7.47. The number of ether oxygens (including phenoxy) is 4. The number of aliphatic hydroxyl groups is 1. The summed E-state index contributed by atoms with van der Waals surface area (Å²) in [5.41, 5.74) is 0. The first-order valence-electron chi connectivity index (χ1n) is 40.1. The predicted octanol–water partition coefficient (Wildman–Crippen LogP) is 22.9. The van der Waals surface area contributed by atoms with Crippen molar-refractivity contribution in [1.29, 1.82) is 0 Å². The van der Waals surface area contributed by atoms with Crippen LogP contribution in [0.2, 0.25) is 0 Å². The summed E-state index contributed by atoms with van der Waals surface area (Å²) in [6.07, 6.45) is 59.8. The number of carbonyl (C=O) groups is 4. The van der Waals surface area contributed by atoms with Crippen molar-refractivity contribution < 1.29 is 80.2 Å². The largest absolute Gasteiger partial charge is 0.472 e. The summed E-state index contributed by atoms with van der Waals surface area (Å²) in [6, 6.07) is 0. The van der Waals surface area contributed by atoms with Crippen molar-refractivity contribution in [2.75, 3.05) is 39.6 Å². The van der Waals surface area contributed by atoms with Gasteiger partial charge in [-0.1, -0.05) is 356 Å². The summed E-state index contributed by atoms with van der Waals surface area (Å²) >= 11 is 0. The molecule has 3 N–H and O–H groups in total. The minimum atomic E-state index is -4.96. The lowest BCUT2D eigenvalue weighted by atomic mass is 10.0. The zero-order valence-corrected chi connectivity index (χ0v) is 64.3. The molecular formula is C77H150O17P2. The number of unbranched alkanes of at least 4 members (excludes halogenated alkanes) is 49. The number of esters is 4. The molecule has 5 atom stereocenters. The minimum Gasteiger partial charge on any atom is -0.462 e. The van der Waals surface area contributed by atoms with Crippen LogP contribution in [-0.2, 0) is 65.4 Å². The maximum atomic E-state index is 13.1. The highest BCUT2D eigenvalue weighted by atomic mass is 31.2. The van der Waals surface area contributed by atoms with Gasteiger partial charge in [0.05, 0.1) is 26.4 Å². The Morgan fingerprint density at radius 3 is 0.708 bits per heavy atom. The van der Waals surface area contributed by atoms with E-state index >= 15 is 0 Å². The third kappa shape index (κ3) is 70.5. The van der Waals surface area contributed by atoms with E-state index in [2.05, 4.69) is 34.6 Å². The first-order valence-corrected chi connectivity index (χ1v) is 43.1. The molecule has 0 rings (SSSR count). The second-order valence-electron chi connectivity index (χ2n) is 28.2. The van der Waals surface area contributed by atoms with E-state index in [0.717, 1.165) is 102 Å². The Kier molecular flexibility index (Phi) is 68.7. The topological polar surface area (TPSA) is 237 Å². The Labute approximate surface area is 588 Å². The summed E-state index contributed by atoms with van der Waals surface area (Å²) in [5, 5.41) is 10.6. The third-order valence-corrected chi connectivity index (χ3v) is 19.9. The van der Waals surface area contributed by atoms with Crippen LogP contribution in [0.3, 0.4) is 0 Å². The lowest BCUT2D eigenvalue weighted by molar-refractivity contribution is -0.161. The molecule has 0 fully saturated rings. The number of phosphoric ester groups is 2. The number of hydrogen-bond acceptors (Lipinski definition) is 15. The van der Waals surface area contributed by atoms with Crippen LogP contribution in [0.4, 0.5) is 0 Å². The lowest BCUT2D eigenvalue weighted by Crippen LogP contribution is -2.30. The smallest absolute Gasteiger partial charge is 0.462 e. The zero-order chi connectivity index (χ0) is 70.5. The van der Waals surface area contributed by atoms with Gasteiger partial charge in [0.1, 0.15) is 19.3 Å². The van der Waals surface area contributed by atoms with E-state index in [1.165, 1.54) is 225 Å². The number of hydrogen-bond donors (Lipinski definition) is 3. The Balaban J connectivity index is 5.18. The molecule has 0 heterocycles. The summed E-state index contributed by atoms with van der Waals surface area (Å²) in [7, 11) is -9.91. The van der Waals surface area contributed by atoms with Crippen LogP contribution in [0, 0.1) is 5.92 Å². The van der Waals surface area contributed by atoms with E-state index in [4.69, 9.17) is 37.0 Å². The molecule has 0 aliphatic rings. The van der Waals surface area contributed by atoms with Crippen molar-refractivity contribution in [2.45, 2.75) is 425 Å². The van der Waals surface area contributed by atoms with Gasteiger partial charge in [0, 0.05) is 25.7 Å². The molecule has 0 aromatic heterocycles. The summed E-state index contributed by atoms with van der Waals surface area (Å²) in [4.78, 5) is 72.7. The molecular weight excluding hydrogens is 1260 g/mol. The Hall–Kier alpha value is -1.94. The van der Waals surface area contributed by atoms with Crippen molar-refractivity contribution in [3.8, 4) is 0 Å². The van der Waals surface area contributed by atoms with E-state index in [1.54, 1.807) is 0 Å². The molecule has 0 aliphatic carbocycles. The van der Waals surface area contributed by atoms with Crippen molar-refractivity contribution >= 4 is 39.5 Å². The molecule has 0 saturated heterocycles. The highest BCUT2D eigenvalue weighted by Gasteiger charge is 2.30. The maximum Gasteiger partial charge on any atom is 0.472 e. The highest BCUT2D eigenvalue weighted by Crippen LogP contribution is 2.45. The molecule has 19 heteroatoms. The Bertz CT molecular complexity index is 1840. The summed E-state index contributed by atoms with van der Waals surface area (Å²) < 4.78 is 68.5. The van der Waals surface area contributed by atoms with Crippen molar-refractivity contribution in [3.63, 3.8) is 0 Å². The third-order valence-electron chi connectivity index (χ3n) is 18.0. The van der Waals surface area contributed by atoms with Crippen LogP contribution in [0.25, 0.3) is 0 Å². The fraction of sp³-hybridized carbons (Fsp3) is 0.948. The zero-order valence-electron chi connectivity index (χ0n) is 62.5. The molecule has 0 bridgehead atoms. The van der Waals surface area contributed by atoms with Crippen LogP contribution in [0.1, 0.15) is 407 Å². The summed E-state index contributed by atoms with van der Waals surface area (Å²) in [6.45, 7) is 7.25. The maximum absolute atomic E-state index is 13.1. The van der Waals surface area contributed by atoms with Gasteiger partial charge in [0.25, 0.3) is 0 Å². The second kappa shape index (κ2) is 70.1. The average molecular weight is 1410 g/mol. The molecule has 96 heavy (non-hydrogen) atoms. The first-order chi connectivity index (χ1) is 46.5. The van der Waals surface area contributed by atoms with Gasteiger partial charge in [-0.15, -0.1) is 0 Å². The number of rotatable bonds is 77. The fourth-order valence-corrected chi connectivity index (χ4v) is 13.5. The van der Waals surface area contributed by atoms with Gasteiger partial charge in [-0.25, -0.2) is 9.13 Å². The molecule has 0 saturated carbocycles. The van der Waals surface area contributed by atoms with Gasteiger partial charge in [0.2, 0.25) is 0 Å². The van der Waals surface area contributed by atoms with Crippen molar-refractivity contribution in [3.05, 3.63) is 0 Å². The molecule has 17 nitrogen and oxygen atoms in total. The molecule has 570 valence electrons. The molecule has 0 amide bonds. The molecule has 0 spiro atoms. The van der Waals surface area contributed by atoms with E-state index in [1.807, 2.05) is 0 Å². The first kappa shape index (κ1) is 94.1. The quantitative estimate of drug-likeness (QED) is 0.0222. The van der Waals surface area contributed by atoms with E-state index in [9.17, 15) is 43.2 Å². The van der Waals surface area contributed by atoms with E-state index < -0.39 is 97.5 Å². The molecule has 0 radical (unpaired) electrons. The standard InChI is InChI=1S/C77H150O17P2/c1-6-9-12-15-18-21-23-25-27-28-29-30-31-32-34-36-38-42-47-52-57-62-76(81)93-73(67-88-75(80)61-56-51-46-41-37-35-33-26-24-22-19-16-13-10-7-2)69-92-96(85,86)90-65-71(78)64-89-95(83,84)91-68-72(66-87-74(79)60-55-50-45-20-17-14-11-8-3)94-77(82)63-58-53-48-43-39-40-44-49-54-59-70(4)5/h70-73,78H,6-69H2,1-5H3,(H,83,84)(H,85,86)/t71-,72+,73+/m0/s1. The Morgan fingerprint density at radius 1 is 0.281 bits per heavy atom. The minimum absolute atomic E-state index is 0.106. The fourth-order valence-electron chi connectivity index (χ4n) is 11.9. The van der Waals surface area contributed by atoms with Gasteiger partial charge < -0.3 is 33.8 Å². The van der Waals surface area contributed by atoms with Gasteiger partial charge in [-0.3, -0.25) is 37.3 Å². The van der Waals surface area contributed by atoms with E-state index in [-0.39, 0.29) is 25.7 Å². The molecule has 0 aromatic carbocycles. The molecule has 2 unspecified atom stereocenters. The normalized spacial score (nSPS) is 13.9. The average Bonchev–Trinajstić information content (AvgIpc) is 1.22. The van der Waals surface area contributed by atoms with Gasteiger partial charge in [-0.05, 0) is 31.6 Å². The monoisotopic (exact) mass is 1410 g/mol. The summed E-state index contributed by atoms with van der Waals surface area (Å²) in [5.74, 6) is -1.38. The van der Waals surface area contributed by atoms with Gasteiger partial charge in [0.15, 0.2) is 12.2 Å². The Morgan fingerprint density at radius 2 is 0.479 bits per heavy atom. The van der Waals surface area contributed by atoms with Crippen molar-refractivity contribution in [1.82, 2.24) is 0 Å². The number of carbonyl (C=O) groups excluding carboxylic acids is 4. The van der Waals surface area contributed by atoms with Gasteiger partial charge in [-0.2, -0.15) is 0 Å². The SMILES string of the molecule is CCCCCCCCCCCCCCCCCCCCCCCC(=O)O[C@H](COC(=O)CCCCCCCCCCCCCCCCC)COP(=O)(O)OC[C@@H](O)COP(=O)(O)OC[C@@H](COC(=O)CCCCCCCCCC)OC(=O)CCCCCCCCCCCC(C)C. The lowest BCUT2D eigenvalue weighted by Gasteiger charge is -2.21. The van der Waals surface area contributed by atoms with Crippen LogP contribution < -0.4 is 0 Å². The predicted molar refractivity (Wildman–Crippen MR) is 391 cm³/mol. The molecule has 0 aromatic rings. The van der Waals surface area contributed by atoms with E-state index in [0.29, 0.717) is 25.7 Å². The van der Waals surface area contributed by atoms with Crippen molar-refractivity contribution in [2.24, 2.45) is 5.92 Å². The van der Waals surface area contributed by atoms with Crippen LogP contribution in [-0.4, -0.2) is 96.7 Å². The molecule has 0 aliphatic heterocycles. The number of phosphoric acid groups is 2. The van der Waals surface area contributed by atoms with Crippen LogP contribution in [0.15, 0.2) is 0 Å². The van der Waals surface area contributed by atoms with Crippen LogP contribution in [0.5, 0.6) is 0 Å². The second-order valence-corrected chi connectivity index (χ2v) is 31.1. The van der Waals surface area contributed by atoms with Gasteiger partial charge >= 0.3 is 39.5 Å². The number of aliphatic hydroxyl groups excluding tert-OH is 1. The van der Waals surface area contributed by atoms with Crippen LogP contribution >= 0.6 is 15.6 Å².